The van der Waals surface area contributed by atoms with Crippen LogP contribution in [-0.4, -0.2) is 11.1 Å². The van der Waals surface area contributed by atoms with Gasteiger partial charge in [-0.25, -0.2) is 9.98 Å². The molecule has 0 N–H and O–H groups in total. The van der Waals surface area contributed by atoms with Crippen LogP contribution < -0.4 is 4.90 Å². The van der Waals surface area contributed by atoms with Crippen LogP contribution in [0.25, 0.3) is 31.4 Å². The molecular formula is C37H28ClN3S. The highest BCUT2D eigenvalue weighted by molar-refractivity contribution is 7.25. The zero-order valence-electron chi connectivity index (χ0n) is 23.2. The number of halogens is 1. The molecular weight excluding hydrogens is 554 g/mol. The number of hydrogen-bond acceptors (Lipinski definition) is 4. The maximum atomic E-state index is 6.82. The molecule has 8 rings (SSSR count). The molecule has 204 valence electrons. The molecule has 0 fully saturated rings. The summed E-state index contributed by atoms with van der Waals surface area (Å²) in [4.78, 5) is 12.5. The molecule has 3 aliphatic rings. The Hall–Kier alpha value is -4.25. The van der Waals surface area contributed by atoms with Crippen molar-refractivity contribution in [3.05, 3.63) is 138 Å². The Kier molecular flexibility index (Phi) is 6.20. The maximum Gasteiger partial charge on any atom is 0.236 e. The van der Waals surface area contributed by atoms with Crippen LogP contribution in [0.2, 0.25) is 0 Å². The molecule has 42 heavy (non-hydrogen) atoms. The van der Waals surface area contributed by atoms with E-state index < -0.39 is 0 Å². The fraction of sp³-hybridized carbons (Fsp3) is 0.135. The van der Waals surface area contributed by atoms with E-state index in [1.807, 2.05) is 11.3 Å². The van der Waals surface area contributed by atoms with Gasteiger partial charge in [-0.3, -0.25) is 4.90 Å². The minimum atomic E-state index is 0.0961. The molecule has 1 aromatic heterocycles. The molecule has 0 saturated carbocycles. The molecule has 2 atom stereocenters. The molecule has 1 aliphatic carbocycles. The van der Waals surface area contributed by atoms with E-state index in [1.54, 1.807) is 0 Å². The molecule has 0 saturated heterocycles. The van der Waals surface area contributed by atoms with Crippen LogP contribution in [0.3, 0.4) is 0 Å². The lowest BCUT2D eigenvalue weighted by atomic mass is 9.85. The molecule has 0 bridgehead atoms. The normalized spacial score (nSPS) is 23.9. The predicted molar refractivity (Wildman–Crippen MR) is 181 cm³/mol. The van der Waals surface area contributed by atoms with Crippen LogP contribution in [-0.2, 0) is 0 Å². The number of anilines is 1. The first-order valence-electron chi connectivity index (χ1n) is 14.4. The first kappa shape index (κ1) is 25.5. The number of nitrogens with zero attached hydrogens (tertiary/aromatic N) is 3. The topological polar surface area (TPSA) is 28.0 Å². The smallest absolute Gasteiger partial charge is 0.236 e. The summed E-state index contributed by atoms with van der Waals surface area (Å²) in [5, 5.41) is 3.17. The van der Waals surface area contributed by atoms with E-state index >= 15 is 0 Å². The lowest BCUT2D eigenvalue weighted by molar-refractivity contribution is 0.799. The van der Waals surface area contributed by atoms with Crippen LogP contribution in [0.4, 0.5) is 5.69 Å². The Bertz CT molecular complexity index is 2030. The maximum absolute atomic E-state index is 6.82. The number of fused-ring (bicyclic) bond motifs is 6. The summed E-state index contributed by atoms with van der Waals surface area (Å²) in [7, 11) is 0. The van der Waals surface area contributed by atoms with Crippen molar-refractivity contribution >= 4 is 71.2 Å². The third-order valence-corrected chi connectivity index (χ3v) is 10.2. The highest BCUT2D eigenvalue weighted by Gasteiger charge is 2.38. The van der Waals surface area contributed by atoms with Gasteiger partial charge >= 0.3 is 0 Å². The van der Waals surface area contributed by atoms with Crippen molar-refractivity contribution in [1.29, 1.82) is 0 Å². The Morgan fingerprint density at radius 2 is 1.57 bits per heavy atom. The van der Waals surface area contributed by atoms with Gasteiger partial charge in [-0.15, -0.1) is 11.3 Å². The van der Waals surface area contributed by atoms with Crippen LogP contribution in [0.1, 0.15) is 42.4 Å². The molecule has 5 heteroatoms. The van der Waals surface area contributed by atoms with Crippen molar-refractivity contribution in [2.75, 3.05) is 4.90 Å². The van der Waals surface area contributed by atoms with Crippen LogP contribution in [0, 0.1) is 5.92 Å². The molecule has 0 spiro atoms. The molecule has 2 aliphatic heterocycles. The van der Waals surface area contributed by atoms with Crippen molar-refractivity contribution in [3.63, 3.8) is 0 Å². The van der Waals surface area contributed by atoms with Crippen molar-refractivity contribution in [2.24, 2.45) is 15.9 Å². The van der Waals surface area contributed by atoms with Crippen molar-refractivity contribution < 1.29 is 0 Å². The van der Waals surface area contributed by atoms with Gasteiger partial charge in [0, 0.05) is 43.3 Å². The number of benzene rings is 4. The second kappa shape index (κ2) is 10.2. The zero-order chi connectivity index (χ0) is 28.2. The van der Waals surface area contributed by atoms with E-state index in [-0.39, 0.29) is 11.8 Å². The van der Waals surface area contributed by atoms with E-state index in [0.717, 1.165) is 29.8 Å². The minimum Gasteiger partial charge on any atom is -0.282 e. The summed E-state index contributed by atoms with van der Waals surface area (Å²) in [5.41, 5.74) is 8.25. The number of rotatable bonds is 2. The molecule has 4 aromatic carbocycles. The first-order chi connectivity index (χ1) is 20.6. The molecule has 3 nitrogen and oxygen atoms in total. The summed E-state index contributed by atoms with van der Waals surface area (Å²) in [6.45, 7) is 2.13. The summed E-state index contributed by atoms with van der Waals surface area (Å²) in [6, 6.07) is 34.6. The molecule has 3 heterocycles. The third kappa shape index (κ3) is 4.25. The van der Waals surface area contributed by atoms with E-state index in [4.69, 9.17) is 21.6 Å². The van der Waals surface area contributed by atoms with E-state index in [0.29, 0.717) is 11.1 Å². The average Bonchev–Trinajstić information content (AvgIpc) is 3.57. The van der Waals surface area contributed by atoms with Gasteiger partial charge in [-0.1, -0.05) is 110 Å². The minimum absolute atomic E-state index is 0.0961. The number of guanidine groups is 1. The second-order valence-electron chi connectivity index (χ2n) is 11.2. The Balaban J connectivity index is 1.27. The van der Waals surface area contributed by atoms with Gasteiger partial charge in [0.1, 0.15) is 5.17 Å². The second-order valence-corrected chi connectivity index (χ2v) is 12.7. The Morgan fingerprint density at radius 3 is 2.48 bits per heavy atom. The van der Waals surface area contributed by atoms with Crippen LogP contribution in [0.5, 0.6) is 0 Å². The van der Waals surface area contributed by atoms with Gasteiger partial charge in [-0.05, 0) is 53.8 Å². The number of allylic oxidation sites excluding steroid dienone is 5. The molecule has 0 amide bonds. The van der Waals surface area contributed by atoms with Crippen LogP contribution in [0.15, 0.2) is 131 Å². The fourth-order valence-corrected chi connectivity index (χ4v) is 7.66. The number of para-hydroxylation sites is 1. The van der Waals surface area contributed by atoms with Crippen molar-refractivity contribution in [3.8, 4) is 0 Å². The molecule has 2 unspecified atom stereocenters. The van der Waals surface area contributed by atoms with Gasteiger partial charge in [-0.2, -0.15) is 0 Å². The highest BCUT2D eigenvalue weighted by Crippen LogP contribution is 2.50. The van der Waals surface area contributed by atoms with Gasteiger partial charge in [0.15, 0.2) is 0 Å². The predicted octanol–water partition coefficient (Wildman–Crippen LogP) is 10.4. The SMILES string of the molecule is CC1C/C=C(c2ccc3c(c2)sc2ccccc23)/N=C(N2C3=CC=C(c4ccccc4)CC3c3ccccc32)\N=C/1Cl. The number of aliphatic imine (C=N–C) groups is 2. The molecule has 0 radical (unpaired) electrons. The third-order valence-electron chi connectivity index (χ3n) is 8.57. The average molecular weight is 582 g/mol. The van der Waals surface area contributed by atoms with Gasteiger partial charge in [0.2, 0.25) is 5.96 Å². The summed E-state index contributed by atoms with van der Waals surface area (Å²) in [5.74, 6) is 0.939. The van der Waals surface area contributed by atoms with Gasteiger partial charge < -0.3 is 0 Å². The quantitative estimate of drug-likeness (QED) is 0.204. The Labute approximate surface area is 254 Å². The Morgan fingerprint density at radius 1 is 0.786 bits per heavy atom. The monoisotopic (exact) mass is 581 g/mol. The first-order valence-corrected chi connectivity index (χ1v) is 15.6. The van der Waals surface area contributed by atoms with E-state index in [1.165, 1.54) is 42.6 Å². The van der Waals surface area contributed by atoms with Gasteiger partial charge in [0.05, 0.1) is 11.4 Å². The summed E-state index contributed by atoms with van der Waals surface area (Å²) < 4.78 is 2.57. The lowest BCUT2D eigenvalue weighted by Gasteiger charge is -2.26. The number of thiophene rings is 1. The fourth-order valence-electron chi connectivity index (χ4n) is 6.35. The zero-order valence-corrected chi connectivity index (χ0v) is 24.7. The standard InChI is InChI=1S/C37H28ClN3S/c1-23-15-19-31(26-16-18-29-28-12-6-8-14-34(28)42-35(29)22-26)39-37(40-36(23)38)41-32-13-7-5-11-27(32)30-21-25(17-20-33(30)41)24-9-3-2-4-10-24/h2-14,16-20,22-23,30H,15,21H2,1H3/b31-19+,39-37+,40-36+. The van der Waals surface area contributed by atoms with E-state index in [2.05, 4.69) is 127 Å². The van der Waals surface area contributed by atoms with Gasteiger partial charge in [0.25, 0.3) is 0 Å². The molecule has 5 aromatic rings. The van der Waals surface area contributed by atoms with E-state index in [9.17, 15) is 0 Å². The van der Waals surface area contributed by atoms with Crippen LogP contribution >= 0.6 is 22.9 Å². The summed E-state index contributed by atoms with van der Waals surface area (Å²) in [6.07, 6.45) is 8.43. The number of hydrogen-bond donors (Lipinski definition) is 0. The van der Waals surface area contributed by atoms with Crippen molar-refractivity contribution in [2.45, 2.75) is 25.7 Å². The largest absolute Gasteiger partial charge is 0.282 e. The lowest BCUT2D eigenvalue weighted by Crippen LogP contribution is -2.29. The highest BCUT2D eigenvalue weighted by atomic mass is 35.5. The van der Waals surface area contributed by atoms with Crippen molar-refractivity contribution in [1.82, 2.24) is 0 Å². The summed E-state index contributed by atoms with van der Waals surface area (Å²) >= 11 is 8.65.